The minimum absolute atomic E-state index is 0.0196. The minimum atomic E-state index is 0.0196. The molecule has 0 atom stereocenters. The Morgan fingerprint density at radius 1 is 1.53 bits per heavy atom. The van der Waals surface area contributed by atoms with Gasteiger partial charge < -0.3 is 10.2 Å². The van der Waals surface area contributed by atoms with Crippen LogP contribution in [0.3, 0.4) is 0 Å². The van der Waals surface area contributed by atoms with Gasteiger partial charge >= 0.3 is 0 Å². The van der Waals surface area contributed by atoms with Crippen molar-refractivity contribution in [2.75, 3.05) is 25.0 Å². The highest BCUT2D eigenvalue weighted by Crippen LogP contribution is 2.23. The molecule has 0 bridgehead atoms. The van der Waals surface area contributed by atoms with Crippen LogP contribution in [0.5, 0.6) is 0 Å². The molecule has 1 amide bonds. The number of anilines is 1. The van der Waals surface area contributed by atoms with Gasteiger partial charge in [0.2, 0.25) is 0 Å². The fraction of sp³-hybridized carbons (Fsp3) is 0.467. The van der Waals surface area contributed by atoms with E-state index in [4.69, 9.17) is 5.26 Å². The van der Waals surface area contributed by atoms with Crippen LogP contribution in [0.4, 0.5) is 5.69 Å². The number of fused-ring (bicyclic) bond motifs is 1. The molecule has 0 fully saturated rings. The van der Waals surface area contributed by atoms with Gasteiger partial charge in [-0.15, -0.1) is 0 Å². The van der Waals surface area contributed by atoms with Crippen LogP contribution < -0.4 is 5.32 Å². The van der Waals surface area contributed by atoms with Crippen molar-refractivity contribution in [2.24, 2.45) is 0 Å². The SMILES string of the molecule is CCN(CCC#N)C(=O)c1ccc2c(c1)CCCN2. The van der Waals surface area contributed by atoms with E-state index >= 15 is 0 Å². The summed E-state index contributed by atoms with van der Waals surface area (Å²) in [6.45, 7) is 4.08. The highest BCUT2D eigenvalue weighted by molar-refractivity contribution is 5.95. The summed E-state index contributed by atoms with van der Waals surface area (Å²) in [5, 5.41) is 12.0. The minimum Gasteiger partial charge on any atom is -0.385 e. The summed E-state index contributed by atoms with van der Waals surface area (Å²) in [4.78, 5) is 14.1. The van der Waals surface area contributed by atoms with Gasteiger partial charge in [-0.25, -0.2) is 0 Å². The van der Waals surface area contributed by atoms with Gasteiger partial charge in [-0.2, -0.15) is 5.26 Å². The molecule has 1 heterocycles. The fourth-order valence-corrected chi connectivity index (χ4v) is 2.38. The van der Waals surface area contributed by atoms with E-state index in [1.165, 1.54) is 5.56 Å². The molecular formula is C15H19N3O. The van der Waals surface area contributed by atoms with Crippen molar-refractivity contribution in [3.8, 4) is 6.07 Å². The van der Waals surface area contributed by atoms with E-state index in [1.807, 2.05) is 25.1 Å². The highest BCUT2D eigenvalue weighted by atomic mass is 16.2. The number of nitrogens with one attached hydrogen (secondary N) is 1. The Morgan fingerprint density at radius 3 is 3.11 bits per heavy atom. The van der Waals surface area contributed by atoms with Gasteiger partial charge in [-0.3, -0.25) is 4.79 Å². The monoisotopic (exact) mass is 257 g/mol. The molecule has 1 aliphatic heterocycles. The summed E-state index contributed by atoms with van der Waals surface area (Å²) < 4.78 is 0. The summed E-state index contributed by atoms with van der Waals surface area (Å²) in [6, 6.07) is 7.93. The van der Waals surface area contributed by atoms with Crippen LogP contribution in [0.25, 0.3) is 0 Å². The lowest BCUT2D eigenvalue weighted by molar-refractivity contribution is 0.0767. The van der Waals surface area contributed by atoms with Crippen LogP contribution in [0.2, 0.25) is 0 Å². The molecule has 19 heavy (non-hydrogen) atoms. The van der Waals surface area contributed by atoms with Crippen LogP contribution in [0.1, 0.15) is 35.7 Å². The number of nitrogens with zero attached hydrogens (tertiary/aromatic N) is 2. The molecule has 1 N–H and O–H groups in total. The predicted octanol–water partition coefficient (Wildman–Crippen LogP) is 2.42. The maximum Gasteiger partial charge on any atom is 0.253 e. The third-order valence-corrected chi connectivity index (χ3v) is 3.45. The molecule has 2 rings (SSSR count). The first-order chi connectivity index (χ1) is 9.26. The number of aryl methyl sites for hydroxylation is 1. The lowest BCUT2D eigenvalue weighted by Crippen LogP contribution is -2.31. The first kappa shape index (κ1) is 13.4. The van der Waals surface area contributed by atoms with E-state index in [0.717, 1.165) is 30.6 Å². The number of hydrogen-bond acceptors (Lipinski definition) is 3. The second-order valence-corrected chi connectivity index (χ2v) is 4.70. The molecule has 100 valence electrons. The molecule has 1 aromatic rings. The zero-order chi connectivity index (χ0) is 13.7. The molecule has 0 aromatic heterocycles. The normalized spacial score (nSPS) is 13.1. The van der Waals surface area contributed by atoms with E-state index in [2.05, 4.69) is 11.4 Å². The van der Waals surface area contributed by atoms with Gasteiger partial charge in [0.1, 0.15) is 0 Å². The van der Waals surface area contributed by atoms with Crippen molar-refractivity contribution in [2.45, 2.75) is 26.2 Å². The summed E-state index contributed by atoms with van der Waals surface area (Å²) in [5.41, 5.74) is 3.08. The number of carbonyl (C=O) groups is 1. The van der Waals surface area contributed by atoms with Crippen LogP contribution in [0.15, 0.2) is 18.2 Å². The summed E-state index contributed by atoms with van der Waals surface area (Å²) in [5.74, 6) is 0.0196. The molecule has 1 aromatic carbocycles. The largest absolute Gasteiger partial charge is 0.385 e. The lowest BCUT2D eigenvalue weighted by atomic mass is 10.0. The van der Waals surface area contributed by atoms with Gasteiger partial charge in [0, 0.05) is 30.9 Å². The standard InChI is InChI=1S/C15H19N3O/c1-2-18(10-4-8-16)15(19)13-6-7-14-12(11-13)5-3-9-17-14/h6-7,11,17H,2-5,9-10H2,1H3. The molecule has 4 nitrogen and oxygen atoms in total. The second-order valence-electron chi connectivity index (χ2n) is 4.70. The van der Waals surface area contributed by atoms with Gasteiger partial charge in [0.15, 0.2) is 0 Å². The zero-order valence-electron chi connectivity index (χ0n) is 11.3. The number of rotatable bonds is 4. The van der Waals surface area contributed by atoms with Crippen LogP contribution in [-0.2, 0) is 6.42 Å². The topological polar surface area (TPSA) is 56.1 Å². The van der Waals surface area contributed by atoms with Crippen molar-refractivity contribution < 1.29 is 4.79 Å². The van der Waals surface area contributed by atoms with Crippen LogP contribution in [-0.4, -0.2) is 30.4 Å². The Balaban J connectivity index is 2.16. The van der Waals surface area contributed by atoms with E-state index in [9.17, 15) is 4.79 Å². The van der Waals surface area contributed by atoms with Crippen molar-refractivity contribution in [3.63, 3.8) is 0 Å². The average molecular weight is 257 g/mol. The van der Waals surface area contributed by atoms with Gasteiger partial charge in [-0.1, -0.05) is 0 Å². The predicted molar refractivity (Wildman–Crippen MR) is 75.1 cm³/mol. The number of benzene rings is 1. The number of amides is 1. The van der Waals surface area contributed by atoms with Crippen molar-refractivity contribution >= 4 is 11.6 Å². The zero-order valence-corrected chi connectivity index (χ0v) is 11.3. The fourth-order valence-electron chi connectivity index (χ4n) is 2.38. The maximum atomic E-state index is 12.4. The Hall–Kier alpha value is -2.02. The van der Waals surface area contributed by atoms with Crippen LogP contribution in [0, 0.1) is 11.3 Å². The Morgan fingerprint density at radius 2 is 2.37 bits per heavy atom. The summed E-state index contributed by atoms with van der Waals surface area (Å²) in [6.07, 6.45) is 2.51. The van der Waals surface area contributed by atoms with Gasteiger partial charge in [-0.05, 0) is 43.5 Å². The second kappa shape index (κ2) is 6.24. The van der Waals surface area contributed by atoms with E-state index in [1.54, 1.807) is 4.90 Å². The third-order valence-electron chi connectivity index (χ3n) is 3.45. The number of carbonyl (C=O) groups excluding carboxylic acids is 1. The van der Waals surface area contributed by atoms with E-state index in [0.29, 0.717) is 19.5 Å². The van der Waals surface area contributed by atoms with E-state index < -0.39 is 0 Å². The summed E-state index contributed by atoms with van der Waals surface area (Å²) >= 11 is 0. The molecule has 0 unspecified atom stereocenters. The summed E-state index contributed by atoms with van der Waals surface area (Å²) in [7, 11) is 0. The van der Waals surface area contributed by atoms with Gasteiger partial charge in [0.25, 0.3) is 5.91 Å². The molecular weight excluding hydrogens is 238 g/mol. The molecule has 0 saturated carbocycles. The molecule has 0 aliphatic carbocycles. The van der Waals surface area contributed by atoms with Crippen molar-refractivity contribution in [1.29, 1.82) is 5.26 Å². The van der Waals surface area contributed by atoms with Gasteiger partial charge in [0.05, 0.1) is 12.5 Å². The Labute approximate surface area is 114 Å². The Bertz CT molecular complexity index is 505. The molecule has 0 saturated heterocycles. The Kier molecular flexibility index (Phi) is 4.40. The molecule has 0 spiro atoms. The quantitative estimate of drug-likeness (QED) is 0.901. The van der Waals surface area contributed by atoms with Crippen molar-refractivity contribution in [3.05, 3.63) is 29.3 Å². The van der Waals surface area contributed by atoms with Crippen LogP contribution >= 0.6 is 0 Å². The smallest absolute Gasteiger partial charge is 0.253 e. The third kappa shape index (κ3) is 3.05. The number of nitriles is 1. The molecule has 1 aliphatic rings. The molecule has 4 heteroatoms. The first-order valence-electron chi connectivity index (χ1n) is 6.79. The highest BCUT2D eigenvalue weighted by Gasteiger charge is 2.16. The maximum absolute atomic E-state index is 12.4. The van der Waals surface area contributed by atoms with Crippen molar-refractivity contribution in [1.82, 2.24) is 4.90 Å². The number of hydrogen-bond donors (Lipinski definition) is 1. The average Bonchev–Trinajstić information content (AvgIpc) is 2.47. The lowest BCUT2D eigenvalue weighted by Gasteiger charge is -2.22. The first-order valence-corrected chi connectivity index (χ1v) is 6.79. The molecule has 0 radical (unpaired) electrons. The van der Waals surface area contributed by atoms with E-state index in [-0.39, 0.29) is 5.91 Å².